The topological polar surface area (TPSA) is 827 Å². The van der Waals surface area contributed by atoms with Crippen LogP contribution in [0.25, 0.3) is 0 Å². The summed E-state index contributed by atoms with van der Waals surface area (Å²) < 4.78 is 129. The third-order valence-corrected chi connectivity index (χ3v) is 19.1. The number of aliphatic carboxylic acids is 1. The van der Waals surface area contributed by atoms with Crippen LogP contribution in [0.2, 0.25) is 0 Å². The summed E-state index contributed by atoms with van der Waals surface area (Å²) >= 11 is 0. The second kappa shape index (κ2) is 52.8. The number of hydrogen-bond acceptors (Lipinski definition) is 46. The maximum atomic E-state index is 12.5. The number of carboxylic acids is 1. The van der Waals surface area contributed by atoms with E-state index in [-0.39, 0.29) is 138 Å². The summed E-state index contributed by atoms with van der Waals surface area (Å²) in [5.41, 5.74) is 7.20. The summed E-state index contributed by atoms with van der Waals surface area (Å²) in [5.74, 6) is -1.90. The molecule has 600 valence electrons. The van der Waals surface area contributed by atoms with Crippen LogP contribution in [0, 0.1) is 0 Å². The van der Waals surface area contributed by atoms with Gasteiger partial charge in [-0.1, -0.05) is 0 Å². The van der Waals surface area contributed by atoms with Crippen molar-refractivity contribution in [3.63, 3.8) is 0 Å². The number of methoxy groups -OCH3 is 2. The van der Waals surface area contributed by atoms with Crippen molar-refractivity contribution in [2.24, 2.45) is 11.5 Å². The number of nitrogens with zero attached hydrogens (tertiary/aromatic N) is 2. The van der Waals surface area contributed by atoms with E-state index in [1.165, 1.54) is 14.2 Å². The number of rotatable bonds is 30. The Morgan fingerprint density at radius 2 is 0.889 bits per heavy atom. The summed E-state index contributed by atoms with van der Waals surface area (Å²) in [5, 5.41) is 145. The van der Waals surface area contributed by atoms with E-state index in [1.54, 1.807) is 0 Å². The van der Waals surface area contributed by atoms with E-state index in [0.717, 1.165) is 24.5 Å². The summed E-state index contributed by atoms with van der Waals surface area (Å²) in [4.78, 5) is 121. The minimum Gasteiger partial charge on any atom is 1.00 e. The van der Waals surface area contributed by atoms with Crippen molar-refractivity contribution in [3.8, 4) is 0 Å². The number of aromatic amines is 2. The molecular formula is C46H79BN7Na4O45P5. The number of carbonyl (C=O) groups excluding carboxylic acids is 1. The molecule has 5 aliphatic rings. The normalized spacial score (nSPS) is 32.8. The van der Waals surface area contributed by atoms with Crippen LogP contribution in [0.5, 0.6) is 0 Å². The molecule has 0 saturated carbocycles. The number of carbonyl (C=O) groups is 2. The van der Waals surface area contributed by atoms with E-state index < -0.39 is 246 Å². The van der Waals surface area contributed by atoms with E-state index in [0.29, 0.717) is 29.2 Å². The van der Waals surface area contributed by atoms with Crippen LogP contribution < -0.4 is 177 Å². The number of H-pyrrole nitrogens is 2. The molecule has 2 aromatic rings. The Morgan fingerprint density at radius 1 is 0.537 bits per heavy atom. The predicted molar refractivity (Wildman–Crippen MR) is 324 cm³/mol. The molecule has 52 nitrogen and oxygen atoms in total. The van der Waals surface area contributed by atoms with Crippen LogP contribution in [0.1, 0.15) is 12.5 Å². The van der Waals surface area contributed by atoms with E-state index in [9.17, 15) is 123 Å². The average molecular weight is 1710 g/mol. The zero-order valence-electron chi connectivity index (χ0n) is 57.8. The molecule has 5 aliphatic heterocycles. The first-order valence-electron chi connectivity index (χ1n) is 29.4. The second-order valence-corrected chi connectivity index (χ2v) is 27.5. The van der Waals surface area contributed by atoms with Crippen LogP contribution in [0.3, 0.4) is 0 Å². The monoisotopic (exact) mass is 1710 g/mol. The number of carboxylic acid groups (broad SMARTS) is 1. The van der Waals surface area contributed by atoms with E-state index in [1.807, 2.05) is 19.1 Å². The second-order valence-electron chi connectivity index (χ2n) is 21.4. The zero-order chi connectivity index (χ0) is 78.9. The first-order chi connectivity index (χ1) is 48.5. The molecule has 0 bridgehead atoms. The maximum absolute atomic E-state index is 12.5. The molecule has 108 heavy (non-hydrogen) atoms. The standard InChI is InChI=1S/C20H33N3O19P2.C15H25N3O16P2.C6H13NO5.C5H10O4.BH2OP.4Na/c1-36-4-5-37-8-12(26)21-13-16(29)14(27)9(6-24)40-19(13)41-44(34,35)42-43(32,33)38-7-10-15(28)17(30)18(39-10)23-3-2-11(25)22-20(23)31;16-8-11(23)9(21)5(3-19)32-14(8)33-36(28,29)34-35(26,27)30-4-6-10(22)12(24)13(31-6)18-2-1-7(20)17-15(18)25;7-3-5(10)4(9)2(1-8)12-6(3)11;1-8-2-3-9-4-5(6)7;2-1-3;;;;/h2-3,9-10,13-19,24,27-30H,4-8H2,1H3,(H,21,26)(H,32,33)(H,34,35)(H,22,25,31);1-2,5-6,8-14,19,21-24H,3-4,16H2,(H,26,27)(H,28,29)(H,17,20,25);2-6,8-11H,1,7H2;2-4H2,1H3,(H,6,7);3H2;;;;/q;;;;;4*+1/p-4/t9?,10?,13-,14-,15+,16?,17+,18?,19+;5?,6?,8-,9-,10+,11?,12+,13?,14+;2?,3-,4-,5?,6?;;;;;;/m000....../s1. The SMILES string of the molecule is COCCOCC(=O)N[C@H]1C(O)[C@@H](O)C(CO)O[C@@H]1OP(=O)([O-])OP(=O)([O-])OCC1OC(n2ccc(=O)[nH]c2=O)[C@H](O)[C@@H]1O.COCCOCC(=O)O.N[C@@H]1C(O)OC(CO)[C@H](O)C1O.N[C@H]1C(O)[C@@H](O)C(CO)O[C@@H]1OP(=O)([O-])OP(=O)([O-])OCC1OC(n2ccc(=O)[nH]c2=O)[C@H](O)[C@@H]1O.O=BP.[Na+].[Na+].[Na+].[Na+]. The largest absolute Gasteiger partial charge is 1.00 e. The number of phosphoric ester groups is 4. The molecule has 5 fully saturated rings. The molecule has 0 spiro atoms. The predicted octanol–water partition coefficient (Wildman–Crippen LogP) is -28.0. The molecule has 22 N–H and O–H groups in total. The number of aliphatic hydroxyl groups excluding tert-OH is 14. The molecule has 2 aromatic heterocycles. The maximum Gasteiger partial charge on any atom is 1.00 e. The number of nitrogens with two attached hydrogens (primary N) is 2. The Hall–Kier alpha value is 0.115. The molecule has 1 amide bonds. The quantitative estimate of drug-likeness (QED) is 0.0196. The Morgan fingerprint density at radius 3 is 1.27 bits per heavy atom. The van der Waals surface area contributed by atoms with E-state index in [4.69, 9.17) is 69.8 Å². The van der Waals surface area contributed by atoms with Crippen molar-refractivity contribution in [3.05, 3.63) is 66.2 Å². The molecule has 62 heteroatoms. The Bertz CT molecular complexity index is 3440. The van der Waals surface area contributed by atoms with Gasteiger partial charge in [0, 0.05) is 38.7 Å². The Balaban J connectivity index is 0. The van der Waals surface area contributed by atoms with Gasteiger partial charge in [-0.05, 0) is 0 Å². The molecule has 0 radical (unpaired) electrons. The van der Waals surface area contributed by atoms with Gasteiger partial charge in [0.05, 0.1) is 71.5 Å². The number of aliphatic hydroxyl groups is 14. The summed E-state index contributed by atoms with van der Waals surface area (Å²) in [6.45, 7) is -3.86. The molecule has 0 aliphatic carbocycles. The Kier molecular flexibility index (Phi) is 53.9. The van der Waals surface area contributed by atoms with Crippen molar-refractivity contribution in [1.82, 2.24) is 24.4 Å². The molecule has 5 saturated heterocycles. The minimum absolute atomic E-state index is 0. The van der Waals surface area contributed by atoms with Crippen molar-refractivity contribution in [2.45, 2.75) is 141 Å². The fourth-order valence-electron chi connectivity index (χ4n) is 8.84. The molecule has 7 heterocycles. The van der Waals surface area contributed by atoms with E-state index in [2.05, 4.69) is 41.5 Å². The number of nitrogens with one attached hydrogen (secondary N) is 3. The van der Waals surface area contributed by atoms with Gasteiger partial charge in [0.15, 0.2) is 31.3 Å². The van der Waals surface area contributed by atoms with Crippen LogP contribution in [0.15, 0.2) is 43.7 Å². The smallest absolute Gasteiger partial charge is 1.00 e. The fourth-order valence-corrected chi connectivity index (χ4v) is 13.0. The van der Waals surface area contributed by atoms with Crippen LogP contribution in [-0.4, -0.2) is 330 Å². The number of amides is 1. The Labute approximate surface area is 699 Å². The third kappa shape index (κ3) is 35.4. The van der Waals surface area contributed by atoms with Crippen molar-refractivity contribution in [2.75, 3.05) is 86.9 Å². The van der Waals surface area contributed by atoms with Crippen LogP contribution in [0.4, 0.5) is 0 Å². The summed E-state index contributed by atoms with van der Waals surface area (Å²) in [6.07, 6.45) is -31.5. The van der Waals surface area contributed by atoms with Gasteiger partial charge >= 0.3 is 156 Å². The van der Waals surface area contributed by atoms with Gasteiger partial charge in [-0.3, -0.25) is 60.8 Å². The zero-order valence-corrected chi connectivity index (χ0v) is 70.5. The number of ether oxygens (including phenoxy) is 9. The number of aromatic nitrogens is 4. The minimum atomic E-state index is -6.02. The molecular weight excluding hydrogens is 1630 g/mol. The molecule has 0 aromatic carbocycles. The summed E-state index contributed by atoms with van der Waals surface area (Å²) in [6, 6.07) is -2.77. The van der Waals surface area contributed by atoms with Gasteiger partial charge in [0.25, 0.3) is 42.4 Å². The van der Waals surface area contributed by atoms with Crippen LogP contribution >= 0.6 is 40.4 Å². The van der Waals surface area contributed by atoms with Gasteiger partial charge in [-0.15, -0.1) is 0 Å². The molecule has 28 atom stereocenters. The van der Waals surface area contributed by atoms with Gasteiger partial charge in [0.1, 0.15) is 111 Å². The number of hydrogen-bond donors (Lipinski definition) is 20. The van der Waals surface area contributed by atoms with Crippen molar-refractivity contribution in [1.29, 1.82) is 0 Å². The fraction of sp³-hybridized carbons (Fsp3) is 0.783. The molecule has 7 rings (SSSR count). The first kappa shape index (κ1) is 110. The first-order valence-corrected chi connectivity index (χ1v) is 35.9. The summed E-state index contributed by atoms with van der Waals surface area (Å²) in [7, 11) is -18.7. The average Bonchev–Trinajstić information content (AvgIpc) is 0.976. The van der Waals surface area contributed by atoms with Gasteiger partial charge in [-0.2, -0.15) is 0 Å². The van der Waals surface area contributed by atoms with Gasteiger partial charge < -0.3 is 165 Å². The van der Waals surface area contributed by atoms with Crippen molar-refractivity contribution < 1.29 is 316 Å². The number of phosphoric acid groups is 4. The van der Waals surface area contributed by atoms with Crippen molar-refractivity contribution >= 4 is 59.2 Å². The van der Waals surface area contributed by atoms with Gasteiger partial charge in [-0.25, -0.2) is 23.0 Å². The van der Waals surface area contributed by atoms with Gasteiger partial charge in [0.2, 0.25) is 5.91 Å². The van der Waals surface area contributed by atoms with Crippen LogP contribution in [-0.2, 0) is 102 Å². The molecule has 16 unspecified atom stereocenters. The van der Waals surface area contributed by atoms with E-state index >= 15 is 0 Å². The third-order valence-electron chi connectivity index (χ3n) is 14.0.